The number of aryl methyl sites for hydroxylation is 2. The number of benzene rings is 2. The van der Waals surface area contributed by atoms with Crippen molar-refractivity contribution in [3.8, 4) is 17.1 Å². The van der Waals surface area contributed by atoms with E-state index in [1.165, 1.54) is 4.90 Å². The van der Waals surface area contributed by atoms with E-state index in [0.29, 0.717) is 11.7 Å². The van der Waals surface area contributed by atoms with E-state index in [-0.39, 0.29) is 19.1 Å². The molecule has 3 rings (SSSR count). The van der Waals surface area contributed by atoms with Gasteiger partial charge in [0.2, 0.25) is 11.7 Å². The topological polar surface area (TPSA) is 68.5 Å². The van der Waals surface area contributed by atoms with Crippen LogP contribution < -0.4 is 4.74 Å². The molecular weight excluding hydrogens is 342 g/mol. The summed E-state index contributed by atoms with van der Waals surface area (Å²) in [6.45, 7) is 6.18. The van der Waals surface area contributed by atoms with E-state index in [1.54, 1.807) is 7.05 Å². The average molecular weight is 365 g/mol. The minimum atomic E-state index is -0.161. The van der Waals surface area contributed by atoms with Crippen molar-refractivity contribution in [3.63, 3.8) is 0 Å². The van der Waals surface area contributed by atoms with Crippen molar-refractivity contribution in [2.24, 2.45) is 0 Å². The van der Waals surface area contributed by atoms with Crippen LogP contribution in [-0.4, -0.2) is 34.6 Å². The van der Waals surface area contributed by atoms with Gasteiger partial charge in [0.05, 0.1) is 6.54 Å². The number of carbonyl (C=O) groups excluding carboxylic acids is 1. The Balaban J connectivity index is 1.59. The lowest BCUT2D eigenvalue weighted by Gasteiger charge is -2.16. The van der Waals surface area contributed by atoms with Crippen LogP contribution in [0.2, 0.25) is 0 Å². The van der Waals surface area contributed by atoms with Crippen molar-refractivity contribution < 1.29 is 14.1 Å². The first-order chi connectivity index (χ1) is 12.9. The molecule has 0 saturated heterocycles. The Labute approximate surface area is 158 Å². The summed E-state index contributed by atoms with van der Waals surface area (Å²) in [5.74, 6) is 1.46. The lowest BCUT2D eigenvalue weighted by Crippen LogP contribution is -2.31. The molecule has 6 heteroatoms. The predicted octanol–water partition coefficient (Wildman–Crippen LogP) is 3.70. The number of rotatable bonds is 6. The van der Waals surface area contributed by atoms with Crippen molar-refractivity contribution >= 4 is 5.91 Å². The Kier molecular flexibility index (Phi) is 5.54. The molecule has 2 aromatic carbocycles. The van der Waals surface area contributed by atoms with Gasteiger partial charge in [-0.25, -0.2) is 0 Å². The Bertz CT molecular complexity index is 949. The number of hydrogen-bond acceptors (Lipinski definition) is 5. The highest BCUT2D eigenvalue weighted by Crippen LogP contribution is 2.21. The molecule has 3 aromatic rings. The van der Waals surface area contributed by atoms with Gasteiger partial charge in [-0.2, -0.15) is 4.98 Å². The van der Waals surface area contributed by atoms with E-state index < -0.39 is 0 Å². The van der Waals surface area contributed by atoms with E-state index in [2.05, 4.69) is 10.1 Å². The van der Waals surface area contributed by atoms with Gasteiger partial charge in [-0.05, 0) is 44.0 Å². The molecule has 0 atom stereocenters. The summed E-state index contributed by atoms with van der Waals surface area (Å²) in [4.78, 5) is 18.2. The SMILES string of the molecule is Cc1cccc(-c2noc(CN(C)C(=O)COc3cccc(C)c3C)n2)c1. The highest BCUT2D eigenvalue weighted by atomic mass is 16.5. The molecular formula is C21H23N3O3. The molecule has 0 aliphatic heterocycles. The van der Waals surface area contributed by atoms with Crippen LogP contribution in [0.25, 0.3) is 11.4 Å². The van der Waals surface area contributed by atoms with Crippen LogP contribution in [0.1, 0.15) is 22.6 Å². The van der Waals surface area contributed by atoms with Crippen LogP contribution in [-0.2, 0) is 11.3 Å². The Hall–Kier alpha value is -3.15. The predicted molar refractivity (Wildman–Crippen MR) is 102 cm³/mol. The standard InChI is InChI=1S/C21H23N3O3/c1-14-7-5-9-17(11-14)21-22-19(27-23-21)12-24(4)20(25)13-26-18-10-6-8-15(2)16(18)3/h5-11H,12-13H2,1-4H3. The van der Waals surface area contributed by atoms with E-state index >= 15 is 0 Å². The fourth-order valence-electron chi connectivity index (χ4n) is 2.64. The van der Waals surface area contributed by atoms with Gasteiger partial charge in [0, 0.05) is 12.6 Å². The fourth-order valence-corrected chi connectivity index (χ4v) is 2.64. The Morgan fingerprint density at radius 3 is 2.70 bits per heavy atom. The minimum Gasteiger partial charge on any atom is -0.483 e. The molecule has 0 N–H and O–H groups in total. The molecule has 0 aliphatic rings. The van der Waals surface area contributed by atoms with E-state index in [1.807, 2.05) is 63.2 Å². The zero-order valence-corrected chi connectivity index (χ0v) is 16.0. The molecule has 0 bridgehead atoms. The van der Waals surface area contributed by atoms with Crippen molar-refractivity contribution in [1.29, 1.82) is 0 Å². The van der Waals surface area contributed by atoms with Crippen LogP contribution in [0.15, 0.2) is 47.0 Å². The summed E-state index contributed by atoms with van der Waals surface area (Å²) in [5, 5.41) is 4.00. The van der Waals surface area contributed by atoms with Crippen molar-refractivity contribution in [2.75, 3.05) is 13.7 Å². The number of nitrogens with zero attached hydrogens (tertiary/aromatic N) is 3. The Morgan fingerprint density at radius 1 is 1.15 bits per heavy atom. The van der Waals surface area contributed by atoms with E-state index in [4.69, 9.17) is 9.26 Å². The number of hydrogen-bond donors (Lipinski definition) is 0. The van der Waals surface area contributed by atoms with Gasteiger partial charge in [0.1, 0.15) is 5.75 Å². The molecule has 0 saturated carbocycles. The number of carbonyl (C=O) groups is 1. The summed E-state index contributed by atoms with van der Waals surface area (Å²) >= 11 is 0. The number of aromatic nitrogens is 2. The molecule has 0 aliphatic carbocycles. The summed E-state index contributed by atoms with van der Waals surface area (Å²) in [6.07, 6.45) is 0. The molecule has 0 radical (unpaired) electrons. The van der Waals surface area contributed by atoms with Crippen LogP contribution >= 0.6 is 0 Å². The van der Waals surface area contributed by atoms with Crippen LogP contribution in [0.4, 0.5) is 0 Å². The summed E-state index contributed by atoms with van der Waals surface area (Å²) in [6, 6.07) is 13.7. The van der Waals surface area contributed by atoms with E-state index in [9.17, 15) is 4.79 Å². The summed E-state index contributed by atoms with van der Waals surface area (Å²) in [7, 11) is 1.69. The second-order valence-electron chi connectivity index (χ2n) is 6.62. The fraction of sp³-hybridized carbons (Fsp3) is 0.286. The highest BCUT2D eigenvalue weighted by molar-refractivity contribution is 5.77. The van der Waals surface area contributed by atoms with Crippen LogP contribution in [0, 0.1) is 20.8 Å². The van der Waals surface area contributed by atoms with Crippen LogP contribution in [0.5, 0.6) is 5.75 Å². The number of likely N-dealkylation sites (N-methyl/N-ethyl adjacent to an activating group) is 1. The molecule has 27 heavy (non-hydrogen) atoms. The molecule has 1 heterocycles. The third-order valence-corrected chi connectivity index (χ3v) is 4.45. The molecule has 1 amide bonds. The maximum Gasteiger partial charge on any atom is 0.260 e. The monoisotopic (exact) mass is 365 g/mol. The molecule has 140 valence electrons. The van der Waals surface area contributed by atoms with Gasteiger partial charge >= 0.3 is 0 Å². The third kappa shape index (κ3) is 4.53. The lowest BCUT2D eigenvalue weighted by molar-refractivity contribution is -0.132. The molecule has 0 fully saturated rings. The smallest absolute Gasteiger partial charge is 0.260 e. The zero-order chi connectivity index (χ0) is 19.4. The quantitative estimate of drug-likeness (QED) is 0.666. The largest absolute Gasteiger partial charge is 0.483 e. The van der Waals surface area contributed by atoms with Crippen molar-refractivity contribution in [2.45, 2.75) is 27.3 Å². The molecule has 0 spiro atoms. The number of amides is 1. The highest BCUT2D eigenvalue weighted by Gasteiger charge is 2.16. The first-order valence-corrected chi connectivity index (χ1v) is 8.76. The molecule has 0 unspecified atom stereocenters. The second kappa shape index (κ2) is 8.03. The first kappa shape index (κ1) is 18.6. The first-order valence-electron chi connectivity index (χ1n) is 8.76. The van der Waals surface area contributed by atoms with Crippen LogP contribution in [0.3, 0.4) is 0 Å². The number of ether oxygens (including phenoxy) is 1. The van der Waals surface area contributed by atoms with Gasteiger partial charge in [0.15, 0.2) is 6.61 Å². The van der Waals surface area contributed by atoms with Crippen molar-refractivity contribution in [3.05, 3.63) is 65.0 Å². The minimum absolute atomic E-state index is 0.0420. The van der Waals surface area contributed by atoms with Gasteiger partial charge in [-0.3, -0.25) is 4.79 Å². The summed E-state index contributed by atoms with van der Waals surface area (Å²) < 4.78 is 10.9. The van der Waals surface area contributed by atoms with Gasteiger partial charge in [-0.1, -0.05) is 41.1 Å². The molecule has 1 aromatic heterocycles. The lowest BCUT2D eigenvalue weighted by atomic mass is 10.1. The van der Waals surface area contributed by atoms with Gasteiger partial charge < -0.3 is 14.2 Å². The average Bonchev–Trinajstić information content (AvgIpc) is 3.11. The Morgan fingerprint density at radius 2 is 1.93 bits per heavy atom. The molecule has 6 nitrogen and oxygen atoms in total. The van der Waals surface area contributed by atoms with Crippen molar-refractivity contribution in [1.82, 2.24) is 15.0 Å². The third-order valence-electron chi connectivity index (χ3n) is 4.45. The zero-order valence-electron chi connectivity index (χ0n) is 16.0. The maximum atomic E-state index is 12.3. The van der Waals surface area contributed by atoms with Gasteiger partial charge in [-0.15, -0.1) is 0 Å². The van der Waals surface area contributed by atoms with E-state index in [0.717, 1.165) is 28.0 Å². The maximum absolute atomic E-state index is 12.3. The normalized spacial score (nSPS) is 10.7. The summed E-state index contributed by atoms with van der Waals surface area (Å²) in [5.41, 5.74) is 4.17. The second-order valence-corrected chi connectivity index (χ2v) is 6.62. The van der Waals surface area contributed by atoms with Gasteiger partial charge in [0.25, 0.3) is 5.91 Å².